The first-order valence-corrected chi connectivity index (χ1v) is 9.95. The second kappa shape index (κ2) is 8.02. The normalized spacial score (nSPS) is 13.9. The molecule has 0 bridgehead atoms. The van der Waals surface area contributed by atoms with E-state index in [1.165, 1.54) is 12.1 Å². The molecular formula is C22H15Cl2N3O4. The van der Waals surface area contributed by atoms with Gasteiger partial charge in [0.25, 0.3) is 11.5 Å². The number of allylic oxidation sites excluding steroid dienone is 1. The smallest absolute Gasteiger partial charge is 0.340 e. The van der Waals surface area contributed by atoms with Crippen LogP contribution in [-0.2, 0) is 16.1 Å². The molecular weight excluding hydrogens is 441 g/mol. The molecule has 1 amide bonds. The average Bonchev–Trinajstić information content (AvgIpc) is 3.13. The molecule has 9 heteroatoms. The number of carbonyl (C=O) groups is 2. The molecule has 2 aromatic carbocycles. The Labute approximate surface area is 186 Å². The molecule has 0 saturated carbocycles. The van der Waals surface area contributed by atoms with E-state index in [0.717, 1.165) is 5.57 Å². The fourth-order valence-electron chi connectivity index (χ4n) is 3.36. The summed E-state index contributed by atoms with van der Waals surface area (Å²) in [4.78, 5) is 40.4. The predicted octanol–water partition coefficient (Wildman–Crippen LogP) is 4.23. The van der Waals surface area contributed by atoms with Crippen LogP contribution in [0, 0.1) is 0 Å². The number of carboxylic acids is 1. The molecule has 4 rings (SSSR count). The van der Waals surface area contributed by atoms with Crippen LogP contribution in [0.25, 0.3) is 22.6 Å². The fourth-order valence-corrected chi connectivity index (χ4v) is 3.87. The third-order valence-corrected chi connectivity index (χ3v) is 5.61. The Morgan fingerprint density at radius 3 is 2.58 bits per heavy atom. The molecule has 31 heavy (non-hydrogen) atoms. The maximum Gasteiger partial charge on any atom is 0.340 e. The quantitative estimate of drug-likeness (QED) is 0.348. The molecule has 0 saturated heterocycles. The lowest BCUT2D eigenvalue weighted by molar-refractivity contribution is -0.134. The van der Waals surface area contributed by atoms with Crippen molar-refractivity contribution in [3.63, 3.8) is 0 Å². The Hall–Kier alpha value is -3.42. The molecule has 2 N–H and O–H groups in total. The summed E-state index contributed by atoms with van der Waals surface area (Å²) in [6.07, 6.45) is 2.41. The summed E-state index contributed by atoms with van der Waals surface area (Å²) in [7, 11) is 0. The van der Waals surface area contributed by atoms with Gasteiger partial charge in [-0.15, -0.1) is 0 Å². The lowest BCUT2D eigenvalue weighted by atomic mass is 10.1. The number of hydrogen-bond acceptors (Lipinski definition) is 4. The molecule has 0 aliphatic carbocycles. The summed E-state index contributed by atoms with van der Waals surface area (Å²) in [5.41, 5.74) is 1.33. The summed E-state index contributed by atoms with van der Waals surface area (Å²) < 4.78 is 1.59. The number of aromatic nitrogens is 2. The third kappa shape index (κ3) is 3.85. The van der Waals surface area contributed by atoms with E-state index < -0.39 is 17.4 Å². The number of rotatable bonds is 4. The molecule has 3 aromatic rings. The van der Waals surface area contributed by atoms with E-state index >= 15 is 0 Å². The zero-order valence-electron chi connectivity index (χ0n) is 16.0. The summed E-state index contributed by atoms with van der Waals surface area (Å²) >= 11 is 12.5. The van der Waals surface area contributed by atoms with Crippen molar-refractivity contribution >= 4 is 63.3 Å². The zero-order valence-corrected chi connectivity index (χ0v) is 17.5. The Balaban J connectivity index is 1.78. The molecule has 1 aromatic heterocycles. The molecule has 0 radical (unpaired) electrons. The van der Waals surface area contributed by atoms with Gasteiger partial charge >= 0.3 is 5.97 Å². The zero-order chi connectivity index (χ0) is 22.3. The van der Waals surface area contributed by atoms with Crippen LogP contribution in [0.4, 0.5) is 5.69 Å². The number of carbonyl (C=O) groups excluding carboxylic acids is 1. The molecule has 0 spiro atoms. The third-order valence-electron chi connectivity index (χ3n) is 4.96. The molecule has 156 valence electrons. The number of nitrogens with one attached hydrogen (secondary N) is 1. The standard InChI is InChI=1S/C22H15Cl2N3O4/c1-11(22(30)31)20(28)25-13-5-6-14-18(10-13)26-19-12(7-8-27(19)21(14)29)9-15-16(23)3-2-4-17(15)24/h2-6,9-10H,1,7-8H2,(H,25,28)(H,30,31)/b12-9-. The summed E-state index contributed by atoms with van der Waals surface area (Å²) in [6, 6.07) is 9.79. The van der Waals surface area contributed by atoms with Gasteiger partial charge in [0.2, 0.25) is 0 Å². The van der Waals surface area contributed by atoms with Gasteiger partial charge in [-0.2, -0.15) is 0 Å². The molecule has 0 unspecified atom stereocenters. The van der Waals surface area contributed by atoms with Crippen LogP contribution in [-0.4, -0.2) is 26.5 Å². The first-order valence-electron chi connectivity index (χ1n) is 9.19. The van der Waals surface area contributed by atoms with Gasteiger partial charge < -0.3 is 10.4 Å². The van der Waals surface area contributed by atoms with Crippen LogP contribution < -0.4 is 10.9 Å². The van der Waals surface area contributed by atoms with Crippen molar-refractivity contribution in [2.45, 2.75) is 13.0 Å². The highest BCUT2D eigenvalue weighted by Crippen LogP contribution is 2.33. The van der Waals surface area contributed by atoms with Gasteiger partial charge in [-0.05, 0) is 48.4 Å². The number of benzene rings is 2. The van der Waals surface area contributed by atoms with Crippen molar-refractivity contribution in [1.82, 2.24) is 9.55 Å². The Kier molecular flexibility index (Phi) is 5.39. The van der Waals surface area contributed by atoms with Crippen LogP contribution in [0.1, 0.15) is 17.8 Å². The first-order chi connectivity index (χ1) is 14.8. The Morgan fingerprint density at radius 2 is 1.90 bits per heavy atom. The molecule has 1 aliphatic rings. The van der Waals surface area contributed by atoms with Crippen molar-refractivity contribution in [3.8, 4) is 0 Å². The topological polar surface area (TPSA) is 101 Å². The molecule has 1 aliphatic heterocycles. The van der Waals surface area contributed by atoms with E-state index in [0.29, 0.717) is 51.0 Å². The van der Waals surface area contributed by atoms with Gasteiger partial charge in [-0.25, -0.2) is 9.78 Å². The maximum atomic E-state index is 12.9. The maximum absolute atomic E-state index is 12.9. The first kappa shape index (κ1) is 20.8. The van der Waals surface area contributed by atoms with Crippen LogP contribution in [0.2, 0.25) is 10.0 Å². The van der Waals surface area contributed by atoms with E-state index in [1.54, 1.807) is 28.8 Å². The van der Waals surface area contributed by atoms with E-state index in [2.05, 4.69) is 16.9 Å². The monoisotopic (exact) mass is 455 g/mol. The number of fused-ring (bicyclic) bond motifs is 2. The van der Waals surface area contributed by atoms with E-state index in [1.807, 2.05) is 6.08 Å². The van der Waals surface area contributed by atoms with Crippen molar-refractivity contribution in [3.05, 3.63) is 80.3 Å². The van der Waals surface area contributed by atoms with Crippen LogP contribution >= 0.6 is 23.2 Å². The highest BCUT2D eigenvalue weighted by atomic mass is 35.5. The number of carboxylic acid groups (broad SMARTS) is 1. The number of hydrogen-bond donors (Lipinski definition) is 2. The van der Waals surface area contributed by atoms with Crippen molar-refractivity contribution in [1.29, 1.82) is 0 Å². The summed E-state index contributed by atoms with van der Waals surface area (Å²) in [5.74, 6) is -1.77. The second-order valence-electron chi connectivity index (χ2n) is 6.92. The second-order valence-corrected chi connectivity index (χ2v) is 7.73. The number of amides is 1. The highest BCUT2D eigenvalue weighted by Gasteiger charge is 2.22. The van der Waals surface area contributed by atoms with Crippen molar-refractivity contribution in [2.75, 3.05) is 5.32 Å². The van der Waals surface area contributed by atoms with Crippen molar-refractivity contribution in [2.24, 2.45) is 0 Å². The fraction of sp³-hybridized carbons (Fsp3) is 0.0909. The molecule has 2 heterocycles. The SMILES string of the molecule is C=C(C(=O)O)C(=O)Nc1ccc2c(=O)n3c(nc2c1)/C(=C\c1c(Cl)cccc1Cl)CC3. The highest BCUT2D eigenvalue weighted by molar-refractivity contribution is 6.37. The molecule has 0 fully saturated rings. The van der Waals surface area contributed by atoms with E-state index in [4.69, 9.17) is 28.3 Å². The van der Waals surface area contributed by atoms with E-state index in [-0.39, 0.29) is 5.56 Å². The average molecular weight is 456 g/mol. The van der Waals surface area contributed by atoms with Gasteiger partial charge in [0.15, 0.2) is 0 Å². The number of halogens is 2. The molecule has 0 atom stereocenters. The lowest BCUT2D eigenvalue weighted by Gasteiger charge is -2.09. The Bertz CT molecular complexity index is 1350. The van der Waals surface area contributed by atoms with Gasteiger partial charge in [0, 0.05) is 27.8 Å². The largest absolute Gasteiger partial charge is 0.478 e. The van der Waals surface area contributed by atoms with Crippen LogP contribution in [0.5, 0.6) is 0 Å². The lowest BCUT2D eigenvalue weighted by Crippen LogP contribution is -2.21. The van der Waals surface area contributed by atoms with Crippen molar-refractivity contribution < 1.29 is 14.7 Å². The minimum absolute atomic E-state index is 0.207. The minimum Gasteiger partial charge on any atom is -0.478 e. The minimum atomic E-state index is -1.42. The number of anilines is 1. The van der Waals surface area contributed by atoms with Gasteiger partial charge in [-0.1, -0.05) is 35.8 Å². The molecule has 7 nitrogen and oxygen atoms in total. The predicted molar refractivity (Wildman–Crippen MR) is 120 cm³/mol. The summed E-state index contributed by atoms with van der Waals surface area (Å²) in [6.45, 7) is 3.70. The van der Waals surface area contributed by atoms with Gasteiger partial charge in [0.1, 0.15) is 11.4 Å². The number of aliphatic carboxylic acids is 1. The van der Waals surface area contributed by atoms with E-state index in [9.17, 15) is 14.4 Å². The summed E-state index contributed by atoms with van der Waals surface area (Å²) in [5, 5.41) is 12.7. The van der Waals surface area contributed by atoms with Crippen LogP contribution in [0.15, 0.2) is 53.3 Å². The van der Waals surface area contributed by atoms with Crippen LogP contribution in [0.3, 0.4) is 0 Å². The van der Waals surface area contributed by atoms with Gasteiger partial charge in [0.05, 0.1) is 10.9 Å². The number of nitrogens with zero attached hydrogens (tertiary/aromatic N) is 2. The van der Waals surface area contributed by atoms with Gasteiger partial charge in [-0.3, -0.25) is 14.2 Å². The Morgan fingerprint density at radius 1 is 1.19 bits per heavy atom.